The summed E-state index contributed by atoms with van der Waals surface area (Å²) < 4.78 is 10.7. The van der Waals surface area contributed by atoms with Gasteiger partial charge in [-0.3, -0.25) is 9.59 Å². The molecule has 0 spiro atoms. The molecule has 0 aliphatic rings. The molecule has 2 N–H and O–H groups in total. The monoisotopic (exact) mass is 378 g/mol. The van der Waals surface area contributed by atoms with Gasteiger partial charge in [-0.1, -0.05) is 0 Å². The lowest BCUT2D eigenvalue weighted by atomic mass is 10.0. The summed E-state index contributed by atoms with van der Waals surface area (Å²) in [6.07, 6.45) is 5.37. The standard InChI is InChI=1S/C22H18O6/c1-13-3-5-15(27-13)7-9-19(23)17-11-18(22(26)12-21(17)25)20(24)10-8-16-6-4-14(2)28-16/h3-12,25-26H,1-2H3/b9-7+,10-8+. The summed E-state index contributed by atoms with van der Waals surface area (Å²) in [5, 5.41) is 20.0. The van der Waals surface area contributed by atoms with E-state index in [1.54, 1.807) is 38.1 Å². The summed E-state index contributed by atoms with van der Waals surface area (Å²) in [4.78, 5) is 24.8. The minimum atomic E-state index is -0.536. The molecule has 0 amide bonds. The van der Waals surface area contributed by atoms with Crippen LogP contribution in [0.4, 0.5) is 0 Å². The SMILES string of the molecule is Cc1ccc(/C=C/C(=O)c2cc(C(=O)/C=C/c3ccc(C)o3)c(O)cc2O)o1. The Kier molecular flexibility index (Phi) is 5.31. The van der Waals surface area contributed by atoms with E-state index in [1.807, 2.05) is 0 Å². The third-order valence-corrected chi connectivity index (χ3v) is 3.97. The summed E-state index contributed by atoms with van der Waals surface area (Å²) in [5.41, 5.74) is -0.217. The molecule has 28 heavy (non-hydrogen) atoms. The van der Waals surface area contributed by atoms with Crippen LogP contribution in [-0.4, -0.2) is 21.8 Å². The van der Waals surface area contributed by atoms with Crippen molar-refractivity contribution in [3.8, 4) is 11.5 Å². The number of aryl methyl sites for hydroxylation is 2. The lowest BCUT2D eigenvalue weighted by Gasteiger charge is -2.06. The Bertz CT molecular complexity index is 1010. The van der Waals surface area contributed by atoms with E-state index >= 15 is 0 Å². The van der Waals surface area contributed by atoms with Crippen molar-refractivity contribution in [3.63, 3.8) is 0 Å². The number of ketones is 2. The molecule has 142 valence electrons. The van der Waals surface area contributed by atoms with Crippen LogP contribution in [0.3, 0.4) is 0 Å². The first-order valence-electron chi connectivity index (χ1n) is 8.47. The van der Waals surface area contributed by atoms with Gasteiger partial charge in [0.05, 0.1) is 11.1 Å². The van der Waals surface area contributed by atoms with E-state index in [0.717, 1.165) is 12.1 Å². The number of furan rings is 2. The fourth-order valence-corrected chi connectivity index (χ4v) is 2.55. The molecule has 0 aliphatic heterocycles. The molecule has 1 aromatic carbocycles. The smallest absolute Gasteiger partial charge is 0.189 e. The summed E-state index contributed by atoms with van der Waals surface area (Å²) in [6, 6.07) is 9.04. The lowest BCUT2D eigenvalue weighted by Crippen LogP contribution is -2.01. The van der Waals surface area contributed by atoms with Crippen LogP contribution in [0.2, 0.25) is 0 Å². The number of aromatic hydroxyl groups is 2. The normalized spacial score (nSPS) is 11.5. The molecule has 0 unspecified atom stereocenters. The molecule has 2 aromatic heterocycles. The van der Waals surface area contributed by atoms with Crippen LogP contribution in [0.15, 0.2) is 57.4 Å². The van der Waals surface area contributed by atoms with Gasteiger partial charge in [0.25, 0.3) is 0 Å². The minimum absolute atomic E-state index is 0.108. The number of hydrogen-bond acceptors (Lipinski definition) is 6. The third-order valence-electron chi connectivity index (χ3n) is 3.97. The molecule has 0 atom stereocenters. The first-order chi connectivity index (χ1) is 13.3. The predicted octanol–water partition coefficient (Wildman–Crippen LogP) is 4.69. The van der Waals surface area contributed by atoms with Crippen LogP contribution in [0.25, 0.3) is 12.2 Å². The first kappa shape index (κ1) is 19.0. The van der Waals surface area contributed by atoms with E-state index in [1.165, 1.54) is 24.3 Å². The van der Waals surface area contributed by atoms with Gasteiger partial charge < -0.3 is 19.0 Å². The van der Waals surface area contributed by atoms with Crippen LogP contribution in [-0.2, 0) is 0 Å². The summed E-state index contributed by atoms with van der Waals surface area (Å²) >= 11 is 0. The maximum atomic E-state index is 12.4. The van der Waals surface area contributed by atoms with Crippen LogP contribution in [0, 0.1) is 13.8 Å². The van der Waals surface area contributed by atoms with Crippen molar-refractivity contribution < 1.29 is 28.6 Å². The van der Waals surface area contributed by atoms with Gasteiger partial charge in [-0.25, -0.2) is 0 Å². The lowest BCUT2D eigenvalue weighted by molar-refractivity contribution is 0.104. The Balaban J connectivity index is 1.85. The molecule has 6 heteroatoms. The number of phenols is 2. The van der Waals surface area contributed by atoms with Gasteiger partial charge in [0.2, 0.25) is 0 Å². The van der Waals surface area contributed by atoms with Gasteiger partial charge in [0.15, 0.2) is 11.6 Å². The molecular formula is C22H18O6. The van der Waals surface area contributed by atoms with Crippen molar-refractivity contribution in [2.24, 2.45) is 0 Å². The van der Waals surface area contributed by atoms with Crippen molar-refractivity contribution >= 4 is 23.7 Å². The maximum absolute atomic E-state index is 12.4. The van der Waals surface area contributed by atoms with E-state index in [0.29, 0.717) is 23.0 Å². The molecule has 6 nitrogen and oxygen atoms in total. The van der Waals surface area contributed by atoms with Gasteiger partial charge in [0, 0.05) is 6.07 Å². The highest BCUT2D eigenvalue weighted by Gasteiger charge is 2.17. The highest BCUT2D eigenvalue weighted by Crippen LogP contribution is 2.29. The fourth-order valence-electron chi connectivity index (χ4n) is 2.55. The molecule has 0 aliphatic carbocycles. The highest BCUT2D eigenvalue weighted by atomic mass is 16.3. The van der Waals surface area contributed by atoms with E-state index in [4.69, 9.17) is 8.83 Å². The summed E-state index contributed by atoms with van der Waals surface area (Å²) in [6.45, 7) is 3.56. The number of phenolic OH excluding ortho intramolecular Hbond substituents is 2. The molecule has 3 rings (SSSR count). The van der Waals surface area contributed by atoms with Gasteiger partial charge >= 0.3 is 0 Å². The van der Waals surface area contributed by atoms with Crippen LogP contribution in [0.5, 0.6) is 11.5 Å². The van der Waals surface area contributed by atoms with Crippen molar-refractivity contribution in [2.45, 2.75) is 13.8 Å². The molecule has 0 fully saturated rings. The van der Waals surface area contributed by atoms with Gasteiger partial charge in [-0.15, -0.1) is 0 Å². The number of carbonyl (C=O) groups is 2. The van der Waals surface area contributed by atoms with E-state index < -0.39 is 23.1 Å². The third kappa shape index (κ3) is 4.29. The predicted molar refractivity (Wildman–Crippen MR) is 103 cm³/mol. The number of carbonyl (C=O) groups excluding carboxylic acids is 2. The first-order valence-corrected chi connectivity index (χ1v) is 8.47. The van der Waals surface area contributed by atoms with Gasteiger partial charge in [0.1, 0.15) is 34.5 Å². The highest BCUT2D eigenvalue weighted by molar-refractivity contribution is 6.13. The van der Waals surface area contributed by atoms with Crippen molar-refractivity contribution in [1.29, 1.82) is 0 Å². The zero-order valence-electron chi connectivity index (χ0n) is 15.3. The van der Waals surface area contributed by atoms with Gasteiger partial charge in [-0.2, -0.15) is 0 Å². The van der Waals surface area contributed by atoms with Crippen molar-refractivity contribution in [2.75, 3.05) is 0 Å². The topological polar surface area (TPSA) is 101 Å². The van der Waals surface area contributed by atoms with Crippen LogP contribution < -0.4 is 0 Å². The summed E-state index contributed by atoms with van der Waals surface area (Å²) in [7, 11) is 0. The van der Waals surface area contributed by atoms with E-state index in [-0.39, 0.29) is 11.1 Å². The number of rotatable bonds is 6. The molecule has 0 saturated carbocycles. The second-order valence-electron chi connectivity index (χ2n) is 6.18. The minimum Gasteiger partial charge on any atom is -0.507 e. The summed E-state index contributed by atoms with van der Waals surface area (Å²) in [5.74, 6) is 0.443. The van der Waals surface area contributed by atoms with Crippen molar-refractivity contribution in [3.05, 3.63) is 82.7 Å². The molecule has 0 bridgehead atoms. The number of hydrogen-bond donors (Lipinski definition) is 2. The zero-order chi connectivity index (χ0) is 20.3. The molecule has 0 radical (unpaired) electrons. The molecule has 2 heterocycles. The van der Waals surface area contributed by atoms with Crippen LogP contribution in [0.1, 0.15) is 43.8 Å². The van der Waals surface area contributed by atoms with Crippen LogP contribution >= 0.6 is 0 Å². The Morgan fingerprint density at radius 1 is 0.750 bits per heavy atom. The molecule has 0 saturated heterocycles. The fraction of sp³-hybridized carbons (Fsp3) is 0.0909. The zero-order valence-corrected chi connectivity index (χ0v) is 15.3. The maximum Gasteiger partial charge on any atom is 0.189 e. The van der Waals surface area contributed by atoms with E-state index in [2.05, 4.69) is 0 Å². The average molecular weight is 378 g/mol. The molecular weight excluding hydrogens is 360 g/mol. The average Bonchev–Trinajstić information content (AvgIpc) is 3.25. The second kappa shape index (κ2) is 7.84. The second-order valence-corrected chi connectivity index (χ2v) is 6.18. The Morgan fingerprint density at radius 2 is 1.18 bits per heavy atom. The quantitative estimate of drug-likeness (QED) is 0.476. The Labute approximate surface area is 161 Å². The van der Waals surface area contributed by atoms with Gasteiger partial charge in [-0.05, 0) is 68.5 Å². The molecule has 3 aromatic rings. The van der Waals surface area contributed by atoms with Crippen molar-refractivity contribution in [1.82, 2.24) is 0 Å². The Morgan fingerprint density at radius 3 is 1.54 bits per heavy atom. The van der Waals surface area contributed by atoms with E-state index in [9.17, 15) is 19.8 Å². The largest absolute Gasteiger partial charge is 0.507 e. The number of benzene rings is 1. The number of allylic oxidation sites excluding steroid dienone is 2. The Hall–Kier alpha value is -3.80.